The summed E-state index contributed by atoms with van der Waals surface area (Å²) in [5, 5.41) is 3.37. The predicted octanol–water partition coefficient (Wildman–Crippen LogP) is 2.58. The molecular weight excluding hydrogens is 214 g/mol. The van der Waals surface area contributed by atoms with Crippen LogP contribution in [0.25, 0.3) is 0 Å². The van der Waals surface area contributed by atoms with E-state index in [-0.39, 0.29) is 0 Å². The molecule has 0 amide bonds. The molecule has 1 unspecified atom stereocenters. The lowest BCUT2D eigenvalue weighted by Crippen LogP contribution is -2.12. The highest BCUT2D eigenvalue weighted by molar-refractivity contribution is 5.28. The number of rotatable bonds is 6. The van der Waals surface area contributed by atoms with Crippen molar-refractivity contribution in [3.8, 4) is 0 Å². The number of imidazole rings is 1. The second kappa shape index (κ2) is 6.05. The van der Waals surface area contributed by atoms with Crippen LogP contribution in [0.1, 0.15) is 38.3 Å². The summed E-state index contributed by atoms with van der Waals surface area (Å²) < 4.78 is 7.86. The van der Waals surface area contributed by atoms with Gasteiger partial charge in [0.2, 0.25) is 5.95 Å². The highest BCUT2D eigenvalue weighted by atomic mass is 16.5. The Morgan fingerprint density at radius 2 is 2.47 bits per heavy atom. The van der Waals surface area contributed by atoms with Gasteiger partial charge < -0.3 is 14.6 Å². The van der Waals surface area contributed by atoms with Gasteiger partial charge in [-0.3, -0.25) is 0 Å². The molecule has 0 saturated carbocycles. The molecule has 17 heavy (non-hydrogen) atoms. The molecule has 1 saturated heterocycles. The minimum absolute atomic E-state index is 0.455. The Bertz CT molecular complexity index is 342. The molecular formula is C13H23N3O. The van der Waals surface area contributed by atoms with Crippen molar-refractivity contribution in [2.75, 3.05) is 18.5 Å². The molecule has 1 fully saturated rings. The number of nitrogens with one attached hydrogen (secondary N) is 1. The Morgan fingerprint density at radius 1 is 1.59 bits per heavy atom. The average molecular weight is 237 g/mol. The lowest BCUT2D eigenvalue weighted by Gasteiger charge is -2.12. The zero-order valence-electron chi connectivity index (χ0n) is 10.9. The van der Waals surface area contributed by atoms with Gasteiger partial charge in [-0.25, -0.2) is 4.98 Å². The van der Waals surface area contributed by atoms with Gasteiger partial charge in [0.25, 0.3) is 0 Å². The highest BCUT2D eigenvalue weighted by Gasteiger charge is 2.16. The summed E-state index contributed by atoms with van der Waals surface area (Å²) in [6.07, 6.45) is 7.22. The van der Waals surface area contributed by atoms with Gasteiger partial charge in [0.05, 0.1) is 11.8 Å². The zero-order chi connectivity index (χ0) is 12.1. The first kappa shape index (κ1) is 12.4. The van der Waals surface area contributed by atoms with Crippen molar-refractivity contribution in [1.82, 2.24) is 9.55 Å². The number of nitrogens with zero attached hydrogens (tertiary/aromatic N) is 2. The van der Waals surface area contributed by atoms with Gasteiger partial charge >= 0.3 is 0 Å². The van der Waals surface area contributed by atoms with E-state index in [0.29, 0.717) is 6.10 Å². The van der Waals surface area contributed by atoms with E-state index in [4.69, 9.17) is 4.74 Å². The molecule has 0 radical (unpaired) electrons. The second-order valence-corrected chi connectivity index (χ2v) is 4.75. The van der Waals surface area contributed by atoms with Crippen LogP contribution in [0.15, 0.2) is 6.20 Å². The molecule has 2 rings (SSSR count). The maximum atomic E-state index is 5.65. The number of aryl methyl sites for hydroxylation is 2. The number of hydrogen-bond acceptors (Lipinski definition) is 3. The van der Waals surface area contributed by atoms with Gasteiger partial charge in [0.1, 0.15) is 0 Å². The van der Waals surface area contributed by atoms with Crippen LogP contribution in [0.5, 0.6) is 0 Å². The van der Waals surface area contributed by atoms with Gasteiger partial charge in [0.15, 0.2) is 0 Å². The monoisotopic (exact) mass is 237 g/mol. The van der Waals surface area contributed by atoms with Crippen LogP contribution in [-0.4, -0.2) is 28.8 Å². The number of aromatic nitrogens is 2. The minimum Gasteiger partial charge on any atom is -0.378 e. The first-order valence-electron chi connectivity index (χ1n) is 6.69. The molecule has 1 aliphatic heterocycles. The van der Waals surface area contributed by atoms with Gasteiger partial charge in [0, 0.05) is 25.9 Å². The standard InChI is InChI=1S/C13H23N3O/c1-3-7-14-13-15-11(2)10-16(13)8-6-12-5-4-9-17-12/h10,12H,3-9H2,1-2H3,(H,14,15). The van der Waals surface area contributed by atoms with Crippen LogP contribution < -0.4 is 5.32 Å². The molecule has 1 aliphatic rings. The maximum Gasteiger partial charge on any atom is 0.203 e. The fourth-order valence-electron chi connectivity index (χ4n) is 2.25. The number of anilines is 1. The van der Waals surface area contributed by atoms with Gasteiger partial charge in [-0.15, -0.1) is 0 Å². The molecule has 0 aromatic carbocycles. The molecule has 2 heterocycles. The summed E-state index contributed by atoms with van der Waals surface area (Å²) in [4.78, 5) is 4.50. The van der Waals surface area contributed by atoms with Crippen LogP contribution in [0.4, 0.5) is 5.95 Å². The Hall–Kier alpha value is -1.03. The van der Waals surface area contributed by atoms with E-state index in [0.717, 1.165) is 44.2 Å². The normalized spacial score (nSPS) is 19.8. The van der Waals surface area contributed by atoms with Crippen molar-refractivity contribution < 1.29 is 4.74 Å². The second-order valence-electron chi connectivity index (χ2n) is 4.75. The Kier molecular flexibility index (Phi) is 4.42. The maximum absolute atomic E-state index is 5.65. The summed E-state index contributed by atoms with van der Waals surface area (Å²) in [7, 11) is 0. The summed E-state index contributed by atoms with van der Waals surface area (Å²) >= 11 is 0. The zero-order valence-corrected chi connectivity index (χ0v) is 10.9. The quantitative estimate of drug-likeness (QED) is 0.826. The first-order valence-corrected chi connectivity index (χ1v) is 6.69. The largest absolute Gasteiger partial charge is 0.378 e. The molecule has 0 spiro atoms. The average Bonchev–Trinajstić information content (AvgIpc) is 2.93. The number of ether oxygens (including phenoxy) is 1. The lowest BCUT2D eigenvalue weighted by molar-refractivity contribution is 0.100. The van der Waals surface area contributed by atoms with Crippen molar-refractivity contribution >= 4 is 5.95 Å². The predicted molar refractivity (Wildman–Crippen MR) is 69.3 cm³/mol. The van der Waals surface area contributed by atoms with Crippen molar-refractivity contribution in [3.05, 3.63) is 11.9 Å². The summed E-state index contributed by atoms with van der Waals surface area (Å²) in [6, 6.07) is 0. The topological polar surface area (TPSA) is 39.1 Å². The summed E-state index contributed by atoms with van der Waals surface area (Å²) in [5.41, 5.74) is 1.08. The number of hydrogen-bond donors (Lipinski definition) is 1. The Morgan fingerprint density at radius 3 is 3.18 bits per heavy atom. The van der Waals surface area contributed by atoms with Gasteiger partial charge in [-0.2, -0.15) is 0 Å². The smallest absolute Gasteiger partial charge is 0.203 e. The SMILES string of the molecule is CCCNc1nc(C)cn1CCC1CCCO1. The molecule has 1 aromatic heterocycles. The summed E-state index contributed by atoms with van der Waals surface area (Å²) in [5.74, 6) is 1.00. The van der Waals surface area contributed by atoms with Crippen molar-refractivity contribution in [2.45, 2.75) is 52.2 Å². The first-order chi connectivity index (χ1) is 8.29. The fourth-order valence-corrected chi connectivity index (χ4v) is 2.25. The Labute approximate surface area is 103 Å². The van der Waals surface area contributed by atoms with E-state index in [9.17, 15) is 0 Å². The molecule has 1 aromatic rings. The molecule has 4 heteroatoms. The van der Waals surface area contributed by atoms with Crippen LogP contribution >= 0.6 is 0 Å². The van der Waals surface area contributed by atoms with Crippen molar-refractivity contribution in [2.24, 2.45) is 0 Å². The fraction of sp³-hybridized carbons (Fsp3) is 0.769. The van der Waals surface area contributed by atoms with E-state index in [1.807, 2.05) is 6.92 Å². The lowest BCUT2D eigenvalue weighted by atomic mass is 10.2. The van der Waals surface area contributed by atoms with E-state index in [2.05, 4.69) is 28.0 Å². The van der Waals surface area contributed by atoms with Gasteiger partial charge in [-0.1, -0.05) is 6.92 Å². The van der Waals surface area contributed by atoms with Crippen LogP contribution in [0.3, 0.4) is 0 Å². The molecule has 1 N–H and O–H groups in total. The van der Waals surface area contributed by atoms with Crippen LogP contribution in [0, 0.1) is 6.92 Å². The third-order valence-corrected chi connectivity index (χ3v) is 3.15. The van der Waals surface area contributed by atoms with E-state index in [1.165, 1.54) is 12.8 Å². The highest BCUT2D eigenvalue weighted by Crippen LogP contribution is 2.17. The van der Waals surface area contributed by atoms with E-state index >= 15 is 0 Å². The van der Waals surface area contributed by atoms with E-state index < -0.39 is 0 Å². The third-order valence-electron chi connectivity index (χ3n) is 3.15. The molecule has 4 nitrogen and oxygen atoms in total. The molecule has 96 valence electrons. The van der Waals surface area contributed by atoms with Crippen molar-refractivity contribution in [1.29, 1.82) is 0 Å². The minimum atomic E-state index is 0.455. The summed E-state index contributed by atoms with van der Waals surface area (Å²) in [6.45, 7) is 7.13. The van der Waals surface area contributed by atoms with Gasteiger partial charge in [-0.05, 0) is 32.6 Å². The van der Waals surface area contributed by atoms with E-state index in [1.54, 1.807) is 0 Å². The Balaban J connectivity index is 1.89. The molecule has 0 bridgehead atoms. The van der Waals surface area contributed by atoms with Crippen molar-refractivity contribution in [3.63, 3.8) is 0 Å². The third kappa shape index (κ3) is 3.46. The van der Waals surface area contributed by atoms with Crippen LogP contribution in [-0.2, 0) is 11.3 Å². The molecule has 0 aliphatic carbocycles. The van der Waals surface area contributed by atoms with Crippen LogP contribution in [0.2, 0.25) is 0 Å². The molecule has 1 atom stereocenters.